The molecule has 6 heteroatoms. The maximum absolute atomic E-state index is 6.26. The third-order valence-electron chi connectivity index (χ3n) is 3.97. The molecule has 0 radical (unpaired) electrons. The molecule has 1 unspecified atom stereocenters. The first-order valence-electron chi connectivity index (χ1n) is 6.68. The molecule has 1 saturated carbocycles. The molecule has 0 spiro atoms. The molecule has 1 aliphatic heterocycles. The minimum atomic E-state index is 0.238. The fourth-order valence-corrected chi connectivity index (χ4v) is 3.20. The molecular formula is C13H18BrClN4. The summed E-state index contributed by atoms with van der Waals surface area (Å²) in [6.07, 6.45) is 2.43. The summed E-state index contributed by atoms with van der Waals surface area (Å²) in [6.45, 7) is 3.09. The van der Waals surface area contributed by atoms with E-state index in [0.29, 0.717) is 11.1 Å². The first-order valence-corrected chi connectivity index (χ1v) is 7.85. The topological polar surface area (TPSA) is 32.3 Å². The molecule has 1 saturated heterocycles. The van der Waals surface area contributed by atoms with Crippen molar-refractivity contribution in [2.45, 2.75) is 24.8 Å². The van der Waals surface area contributed by atoms with E-state index in [0.717, 1.165) is 35.6 Å². The molecule has 1 aromatic heterocycles. The molecular weight excluding hydrogens is 328 g/mol. The maximum Gasteiger partial charge on any atom is 0.148 e. The van der Waals surface area contributed by atoms with Crippen LogP contribution in [0.4, 0.5) is 0 Å². The highest BCUT2D eigenvalue weighted by atomic mass is 79.9. The second-order valence-electron chi connectivity index (χ2n) is 5.60. The predicted molar refractivity (Wildman–Crippen MR) is 79.6 cm³/mol. The van der Waals surface area contributed by atoms with Crippen LogP contribution in [-0.2, 0) is 0 Å². The fourth-order valence-electron chi connectivity index (χ4n) is 2.52. The lowest BCUT2D eigenvalue weighted by atomic mass is 10.1. The number of halogens is 2. The number of piperazine rings is 1. The van der Waals surface area contributed by atoms with Crippen molar-refractivity contribution in [1.82, 2.24) is 19.8 Å². The summed E-state index contributed by atoms with van der Waals surface area (Å²) in [7, 11) is 4.27. The normalized spacial score (nSPS) is 25.8. The van der Waals surface area contributed by atoms with Crippen LogP contribution in [0.2, 0.25) is 5.15 Å². The first kappa shape index (κ1) is 13.7. The SMILES string of the molecule is CN1CCN(C)C(c2nc(Cl)c(Br)c(C3CC3)n2)C1. The van der Waals surface area contributed by atoms with Gasteiger partial charge in [0.05, 0.1) is 16.2 Å². The largest absolute Gasteiger partial charge is 0.303 e. The van der Waals surface area contributed by atoms with Crippen LogP contribution in [0.3, 0.4) is 0 Å². The van der Waals surface area contributed by atoms with Crippen molar-refractivity contribution in [2.75, 3.05) is 33.7 Å². The molecule has 1 atom stereocenters. The number of hydrogen-bond donors (Lipinski definition) is 0. The van der Waals surface area contributed by atoms with E-state index < -0.39 is 0 Å². The number of nitrogens with zero attached hydrogens (tertiary/aromatic N) is 4. The van der Waals surface area contributed by atoms with E-state index in [1.54, 1.807) is 0 Å². The van der Waals surface area contributed by atoms with Crippen molar-refractivity contribution in [3.8, 4) is 0 Å². The smallest absolute Gasteiger partial charge is 0.148 e. The number of rotatable bonds is 2. The number of hydrogen-bond acceptors (Lipinski definition) is 4. The van der Waals surface area contributed by atoms with Crippen molar-refractivity contribution in [2.24, 2.45) is 0 Å². The van der Waals surface area contributed by atoms with E-state index in [-0.39, 0.29) is 6.04 Å². The van der Waals surface area contributed by atoms with E-state index in [1.165, 1.54) is 12.8 Å². The second kappa shape index (κ2) is 5.28. The van der Waals surface area contributed by atoms with Crippen molar-refractivity contribution < 1.29 is 0 Å². The van der Waals surface area contributed by atoms with Gasteiger partial charge >= 0.3 is 0 Å². The monoisotopic (exact) mass is 344 g/mol. The molecule has 1 aliphatic carbocycles. The molecule has 3 rings (SSSR count). The summed E-state index contributed by atoms with van der Waals surface area (Å²) in [5.74, 6) is 1.43. The van der Waals surface area contributed by atoms with Crippen LogP contribution in [0.1, 0.15) is 36.3 Å². The Morgan fingerprint density at radius 1 is 1.21 bits per heavy atom. The van der Waals surface area contributed by atoms with Crippen LogP contribution in [0.25, 0.3) is 0 Å². The highest BCUT2D eigenvalue weighted by molar-refractivity contribution is 9.10. The Labute approximate surface area is 127 Å². The molecule has 2 fully saturated rings. The van der Waals surface area contributed by atoms with Gasteiger partial charge in [0.2, 0.25) is 0 Å². The van der Waals surface area contributed by atoms with Crippen LogP contribution in [-0.4, -0.2) is 53.5 Å². The average molecular weight is 346 g/mol. The Hall–Kier alpha value is -0.230. The zero-order valence-electron chi connectivity index (χ0n) is 11.2. The van der Waals surface area contributed by atoms with Gasteiger partial charge in [-0.1, -0.05) is 11.6 Å². The van der Waals surface area contributed by atoms with Crippen molar-refractivity contribution in [1.29, 1.82) is 0 Å². The maximum atomic E-state index is 6.26. The highest BCUT2D eigenvalue weighted by Gasteiger charge is 2.32. The Bertz CT molecular complexity index is 492. The Morgan fingerprint density at radius 3 is 2.63 bits per heavy atom. The van der Waals surface area contributed by atoms with Crippen LogP contribution >= 0.6 is 27.5 Å². The minimum absolute atomic E-state index is 0.238. The Balaban J connectivity index is 1.95. The number of aromatic nitrogens is 2. The average Bonchev–Trinajstić information content (AvgIpc) is 3.20. The van der Waals surface area contributed by atoms with Gasteiger partial charge < -0.3 is 4.90 Å². The lowest BCUT2D eigenvalue weighted by Crippen LogP contribution is -2.45. The molecule has 0 bridgehead atoms. The van der Waals surface area contributed by atoms with Crippen molar-refractivity contribution in [3.63, 3.8) is 0 Å². The second-order valence-corrected chi connectivity index (χ2v) is 6.76. The zero-order valence-corrected chi connectivity index (χ0v) is 13.6. The summed E-state index contributed by atoms with van der Waals surface area (Å²) in [4.78, 5) is 13.9. The summed E-state index contributed by atoms with van der Waals surface area (Å²) in [6, 6.07) is 0.238. The van der Waals surface area contributed by atoms with Gasteiger partial charge in [0.25, 0.3) is 0 Å². The van der Waals surface area contributed by atoms with Gasteiger partial charge in [-0.25, -0.2) is 9.97 Å². The molecule has 19 heavy (non-hydrogen) atoms. The molecule has 1 aromatic rings. The molecule has 0 aromatic carbocycles. The van der Waals surface area contributed by atoms with E-state index in [4.69, 9.17) is 16.6 Å². The minimum Gasteiger partial charge on any atom is -0.303 e. The van der Waals surface area contributed by atoms with E-state index >= 15 is 0 Å². The van der Waals surface area contributed by atoms with Crippen LogP contribution in [0, 0.1) is 0 Å². The molecule has 0 amide bonds. The summed E-state index contributed by atoms with van der Waals surface area (Å²) >= 11 is 9.79. The summed E-state index contributed by atoms with van der Waals surface area (Å²) in [5.41, 5.74) is 1.09. The third kappa shape index (κ3) is 2.79. The molecule has 4 nitrogen and oxygen atoms in total. The van der Waals surface area contributed by atoms with Gasteiger partial charge in [-0.15, -0.1) is 0 Å². The van der Waals surface area contributed by atoms with Gasteiger partial charge in [0, 0.05) is 25.6 Å². The molecule has 0 N–H and O–H groups in total. The first-order chi connectivity index (χ1) is 9.06. The standard InChI is InChI=1S/C13H18BrClN4/c1-18-5-6-19(2)9(7-18)13-16-11(8-3-4-8)10(14)12(15)17-13/h8-9H,3-7H2,1-2H3. The van der Waals surface area contributed by atoms with Gasteiger partial charge in [-0.3, -0.25) is 4.90 Å². The van der Waals surface area contributed by atoms with E-state index in [1.807, 2.05) is 0 Å². The molecule has 2 heterocycles. The van der Waals surface area contributed by atoms with Gasteiger partial charge in [0.1, 0.15) is 11.0 Å². The predicted octanol–water partition coefficient (Wildman–Crippen LogP) is 2.69. The lowest BCUT2D eigenvalue weighted by molar-refractivity contribution is 0.109. The Morgan fingerprint density at radius 2 is 1.95 bits per heavy atom. The van der Waals surface area contributed by atoms with E-state index in [2.05, 4.69) is 44.8 Å². The van der Waals surface area contributed by atoms with Gasteiger partial charge in [-0.2, -0.15) is 0 Å². The van der Waals surface area contributed by atoms with Gasteiger partial charge in [0.15, 0.2) is 0 Å². The van der Waals surface area contributed by atoms with Crippen molar-refractivity contribution in [3.05, 3.63) is 21.1 Å². The molecule has 2 aliphatic rings. The van der Waals surface area contributed by atoms with Gasteiger partial charge in [-0.05, 0) is 42.9 Å². The lowest BCUT2D eigenvalue weighted by Gasteiger charge is -2.36. The third-order valence-corrected chi connectivity index (χ3v) is 5.25. The summed E-state index contributed by atoms with van der Waals surface area (Å²) < 4.78 is 0.882. The van der Waals surface area contributed by atoms with Crippen LogP contribution < -0.4 is 0 Å². The molecule has 104 valence electrons. The van der Waals surface area contributed by atoms with E-state index in [9.17, 15) is 0 Å². The van der Waals surface area contributed by atoms with Crippen molar-refractivity contribution >= 4 is 27.5 Å². The fraction of sp³-hybridized carbons (Fsp3) is 0.692. The Kier molecular flexibility index (Phi) is 3.82. The summed E-state index contributed by atoms with van der Waals surface area (Å²) in [5, 5.41) is 0.550. The highest BCUT2D eigenvalue weighted by Crippen LogP contribution is 2.44. The zero-order chi connectivity index (χ0) is 13.6. The van der Waals surface area contributed by atoms with Crippen LogP contribution in [0.5, 0.6) is 0 Å². The van der Waals surface area contributed by atoms with Crippen LogP contribution in [0.15, 0.2) is 4.47 Å². The number of likely N-dealkylation sites (N-methyl/N-ethyl adjacent to an activating group) is 2. The quantitative estimate of drug-likeness (QED) is 0.772.